The van der Waals surface area contributed by atoms with E-state index in [9.17, 15) is 30.7 Å². The molecule has 0 N–H and O–H groups in total. The van der Waals surface area contributed by atoms with Crippen LogP contribution in [0.4, 0.5) is 30.7 Å². The van der Waals surface area contributed by atoms with Gasteiger partial charge >= 0.3 is 0 Å². The molecular formula is C19H17F7. The fraction of sp³-hybridized carbons (Fsp3) is 0.368. The average molecular weight is 378 g/mol. The summed E-state index contributed by atoms with van der Waals surface area (Å²) in [7, 11) is 0. The minimum absolute atomic E-state index is 0.146. The smallest absolute Gasteiger partial charge is 0.198 e. The van der Waals surface area contributed by atoms with E-state index < -0.39 is 69.2 Å². The van der Waals surface area contributed by atoms with Crippen LogP contribution in [0.3, 0.4) is 0 Å². The van der Waals surface area contributed by atoms with Crippen LogP contribution in [0, 0.1) is 47.6 Å². The summed E-state index contributed by atoms with van der Waals surface area (Å²) in [5.74, 6) is -14.4. The van der Waals surface area contributed by atoms with Crippen molar-refractivity contribution in [3.8, 4) is 11.1 Å². The summed E-state index contributed by atoms with van der Waals surface area (Å²) in [5.41, 5.74) is -2.83. The fourth-order valence-corrected chi connectivity index (χ4v) is 3.20. The number of halogens is 7. The van der Waals surface area contributed by atoms with Crippen molar-refractivity contribution in [2.45, 2.75) is 46.5 Å². The summed E-state index contributed by atoms with van der Waals surface area (Å²) < 4.78 is 99.0. The van der Waals surface area contributed by atoms with Crippen LogP contribution in [0.1, 0.15) is 56.2 Å². The Morgan fingerprint density at radius 2 is 0.808 bits per heavy atom. The van der Waals surface area contributed by atoms with Gasteiger partial charge in [-0.1, -0.05) is 27.7 Å². The molecule has 0 aliphatic carbocycles. The van der Waals surface area contributed by atoms with Gasteiger partial charge in [0.05, 0.1) is 0 Å². The van der Waals surface area contributed by atoms with Gasteiger partial charge in [0.25, 0.3) is 0 Å². The van der Waals surface area contributed by atoms with Gasteiger partial charge in [0.1, 0.15) is 0 Å². The first-order valence-corrected chi connectivity index (χ1v) is 7.96. The molecule has 0 fully saturated rings. The molecule has 0 saturated carbocycles. The first-order valence-electron chi connectivity index (χ1n) is 7.96. The fourth-order valence-electron chi connectivity index (χ4n) is 3.20. The van der Waals surface area contributed by atoms with Crippen LogP contribution in [0.25, 0.3) is 11.1 Å². The summed E-state index contributed by atoms with van der Waals surface area (Å²) in [6, 6.07) is 0. The lowest BCUT2D eigenvalue weighted by molar-refractivity contribution is 0.402. The van der Waals surface area contributed by atoms with E-state index in [-0.39, 0.29) is 11.1 Å². The van der Waals surface area contributed by atoms with E-state index in [2.05, 4.69) is 0 Å². The number of hydrogen-bond donors (Lipinski definition) is 0. The average Bonchev–Trinajstić information content (AvgIpc) is 2.56. The van der Waals surface area contributed by atoms with Gasteiger partial charge in [-0.3, -0.25) is 0 Å². The highest BCUT2D eigenvalue weighted by Crippen LogP contribution is 2.43. The Kier molecular flexibility index (Phi) is 5.40. The van der Waals surface area contributed by atoms with E-state index in [0.29, 0.717) is 0 Å². The summed E-state index contributed by atoms with van der Waals surface area (Å²) in [6.45, 7) is 6.88. The third-order valence-electron chi connectivity index (χ3n) is 4.32. The van der Waals surface area contributed by atoms with E-state index in [1.807, 2.05) is 0 Å². The van der Waals surface area contributed by atoms with Crippen LogP contribution in [-0.2, 0) is 0 Å². The number of rotatable bonds is 3. The number of benzene rings is 2. The van der Waals surface area contributed by atoms with Crippen molar-refractivity contribution in [3.05, 3.63) is 57.4 Å². The molecule has 0 amide bonds. The van der Waals surface area contributed by atoms with E-state index in [0.717, 1.165) is 6.92 Å². The predicted molar refractivity (Wildman–Crippen MR) is 84.5 cm³/mol. The molecule has 2 aromatic rings. The summed E-state index contributed by atoms with van der Waals surface area (Å²) in [5, 5.41) is 0. The van der Waals surface area contributed by atoms with Crippen LogP contribution in [0.15, 0.2) is 0 Å². The van der Waals surface area contributed by atoms with Crippen LogP contribution in [-0.4, -0.2) is 0 Å². The molecule has 0 bridgehead atoms. The maximum Gasteiger partial charge on any atom is 0.198 e. The monoisotopic (exact) mass is 378 g/mol. The van der Waals surface area contributed by atoms with Gasteiger partial charge in [0.15, 0.2) is 40.7 Å². The topological polar surface area (TPSA) is 0 Å². The molecule has 2 rings (SSSR count). The third-order valence-corrected chi connectivity index (χ3v) is 4.32. The van der Waals surface area contributed by atoms with Crippen molar-refractivity contribution in [2.75, 3.05) is 0 Å². The summed E-state index contributed by atoms with van der Waals surface area (Å²) in [6.07, 6.45) is 0. The molecule has 7 heteroatoms. The van der Waals surface area contributed by atoms with Crippen molar-refractivity contribution >= 4 is 0 Å². The van der Waals surface area contributed by atoms with Crippen molar-refractivity contribution < 1.29 is 30.7 Å². The van der Waals surface area contributed by atoms with Gasteiger partial charge in [-0.25, -0.2) is 30.7 Å². The van der Waals surface area contributed by atoms with Crippen molar-refractivity contribution in [2.24, 2.45) is 0 Å². The zero-order chi connectivity index (χ0) is 20.1. The standard InChI is InChI=1S/C19H17F7/c1-6(2)9-8(5)13(20)17(24)15(22)11(9)12-10(7(3)4)14(21)18(25)19(26)16(12)23/h6-7H,1-5H3. The lowest BCUT2D eigenvalue weighted by Gasteiger charge is -2.23. The van der Waals surface area contributed by atoms with Crippen LogP contribution < -0.4 is 0 Å². The molecule has 0 saturated heterocycles. The summed E-state index contributed by atoms with van der Waals surface area (Å²) in [4.78, 5) is 0. The maximum atomic E-state index is 14.6. The van der Waals surface area contributed by atoms with Gasteiger partial charge in [-0.15, -0.1) is 0 Å². The zero-order valence-corrected chi connectivity index (χ0v) is 14.8. The van der Waals surface area contributed by atoms with Crippen LogP contribution in [0.5, 0.6) is 0 Å². The van der Waals surface area contributed by atoms with Crippen molar-refractivity contribution in [1.29, 1.82) is 0 Å². The molecule has 0 aliphatic rings. The highest BCUT2D eigenvalue weighted by Gasteiger charge is 2.33. The first kappa shape index (κ1) is 20.3. The van der Waals surface area contributed by atoms with E-state index in [1.165, 1.54) is 27.7 Å². The van der Waals surface area contributed by atoms with Crippen molar-refractivity contribution in [1.82, 2.24) is 0 Å². The second-order valence-corrected chi connectivity index (χ2v) is 6.71. The van der Waals surface area contributed by atoms with Gasteiger partial charge in [0, 0.05) is 16.7 Å². The molecule has 0 aliphatic heterocycles. The largest absolute Gasteiger partial charge is 0.203 e. The minimum atomic E-state index is -2.14. The molecule has 0 unspecified atom stereocenters. The second-order valence-electron chi connectivity index (χ2n) is 6.71. The van der Waals surface area contributed by atoms with Crippen LogP contribution in [0.2, 0.25) is 0 Å². The SMILES string of the molecule is Cc1c(F)c(F)c(F)c(-c2c(F)c(F)c(F)c(F)c2C(C)C)c1C(C)C. The molecule has 26 heavy (non-hydrogen) atoms. The van der Waals surface area contributed by atoms with Crippen molar-refractivity contribution in [3.63, 3.8) is 0 Å². The summed E-state index contributed by atoms with van der Waals surface area (Å²) >= 11 is 0. The van der Waals surface area contributed by atoms with E-state index >= 15 is 0 Å². The van der Waals surface area contributed by atoms with E-state index in [1.54, 1.807) is 0 Å². The zero-order valence-electron chi connectivity index (χ0n) is 14.8. The third kappa shape index (κ3) is 2.87. The second kappa shape index (κ2) is 6.93. The van der Waals surface area contributed by atoms with Crippen LogP contribution >= 0.6 is 0 Å². The Morgan fingerprint density at radius 1 is 0.462 bits per heavy atom. The highest BCUT2D eigenvalue weighted by atomic mass is 19.2. The molecule has 0 aromatic heterocycles. The Bertz CT molecular complexity index is 809. The molecule has 0 radical (unpaired) electrons. The van der Waals surface area contributed by atoms with Gasteiger partial charge in [-0.05, 0) is 29.9 Å². The Balaban J connectivity index is 3.17. The predicted octanol–water partition coefficient (Wildman–Crippen LogP) is 6.88. The Hall–Kier alpha value is -2.05. The molecule has 2 aromatic carbocycles. The molecule has 0 atom stereocenters. The minimum Gasteiger partial charge on any atom is -0.203 e. The molecular weight excluding hydrogens is 361 g/mol. The molecule has 142 valence electrons. The lowest BCUT2D eigenvalue weighted by atomic mass is 9.83. The Labute approximate surface area is 146 Å². The molecule has 0 heterocycles. The van der Waals surface area contributed by atoms with Gasteiger partial charge in [-0.2, -0.15) is 0 Å². The lowest BCUT2D eigenvalue weighted by Crippen LogP contribution is -2.13. The van der Waals surface area contributed by atoms with Gasteiger partial charge < -0.3 is 0 Å². The quantitative estimate of drug-likeness (QED) is 0.310. The van der Waals surface area contributed by atoms with E-state index in [4.69, 9.17) is 0 Å². The molecule has 0 spiro atoms. The molecule has 0 nitrogen and oxygen atoms in total. The first-order chi connectivity index (χ1) is 11.9. The normalized spacial score (nSPS) is 11.8. The highest BCUT2D eigenvalue weighted by molar-refractivity contribution is 5.75. The maximum absolute atomic E-state index is 14.6. The van der Waals surface area contributed by atoms with Gasteiger partial charge in [0.2, 0.25) is 0 Å². The number of hydrogen-bond acceptors (Lipinski definition) is 0. The Morgan fingerprint density at radius 3 is 1.23 bits per heavy atom.